The number of benzene rings is 2. The van der Waals surface area contributed by atoms with Crippen molar-refractivity contribution in [3.05, 3.63) is 64.4 Å². The van der Waals surface area contributed by atoms with Gasteiger partial charge in [-0.1, -0.05) is 56.5 Å². The monoisotopic (exact) mass is 409 g/mol. The van der Waals surface area contributed by atoms with E-state index in [-0.39, 0.29) is 17.4 Å². The van der Waals surface area contributed by atoms with Crippen LogP contribution in [0.5, 0.6) is 17.2 Å². The van der Waals surface area contributed by atoms with E-state index < -0.39 is 0 Å². The molecule has 3 aromatic rings. The molecule has 0 atom stereocenters. The molecule has 0 saturated heterocycles. The molecule has 0 aliphatic heterocycles. The van der Waals surface area contributed by atoms with Crippen molar-refractivity contribution >= 4 is 10.9 Å². The maximum atomic E-state index is 12.7. The summed E-state index contributed by atoms with van der Waals surface area (Å²) >= 11 is 0. The second-order valence-electron chi connectivity index (χ2n) is 7.67. The number of pyridine rings is 1. The van der Waals surface area contributed by atoms with Gasteiger partial charge in [-0.2, -0.15) is 0 Å². The maximum absolute atomic E-state index is 12.7. The molecule has 0 unspecified atom stereocenters. The Kier molecular flexibility index (Phi) is 7.77. The minimum atomic E-state index is -0.292. The molecule has 0 amide bonds. The predicted octanol–water partition coefficient (Wildman–Crippen LogP) is 5.85. The van der Waals surface area contributed by atoms with E-state index in [1.807, 2.05) is 62.4 Å². The van der Waals surface area contributed by atoms with Crippen molar-refractivity contribution in [2.75, 3.05) is 6.61 Å². The van der Waals surface area contributed by atoms with Gasteiger partial charge >= 0.3 is 0 Å². The number of hydrogen-bond acceptors (Lipinski definition) is 4. The van der Waals surface area contributed by atoms with E-state index >= 15 is 0 Å². The van der Waals surface area contributed by atoms with Gasteiger partial charge in [0.05, 0.1) is 18.2 Å². The van der Waals surface area contributed by atoms with Gasteiger partial charge in [0, 0.05) is 11.5 Å². The lowest BCUT2D eigenvalue weighted by Gasteiger charge is -2.17. The summed E-state index contributed by atoms with van der Waals surface area (Å²) in [6.07, 6.45) is 4.27. The number of fused-ring (bicyclic) bond motifs is 1. The van der Waals surface area contributed by atoms with E-state index in [0.717, 1.165) is 23.8 Å². The fraction of sp³-hybridized carbons (Fsp3) is 0.400. The molecule has 0 spiro atoms. The molecule has 3 rings (SSSR count). The van der Waals surface area contributed by atoms with Gasteiger partial charge < -0.3 is 19.2 Å². The number of aromatic nitrogens is 1. The predicted molar refractivity (Wildman–Crippen MR) is 121 cm³/mol. The molecule has 5 heteroatoms. The number of nitrogens with one attached hydrogen (secondary N) is 1. The fourth-order valence-corrected chi connectivity index (χ4v) is 3.25. The maximum Gasteiger partial charge on any atom is 0.294 e. The summed E-state index contributed by atoms with van der Waals surface area (Å²) in [5, 5.41) is 0.813. The molecule has 0 radical (unpaired) electrons. The van der Waals surface area contributed by atoms with E-state index in [2.05, 4.69) is 11.9 Å². The highest BCUT2D eigenvalue weighted by Gasteiger charge is 2.17. The molecule has 2 aromatic carbocycles. The second-order valence-corrected chi connectivity index (χ2v) is 7.67. The van der Waals surface area contributed by atoms with Crippen LogP contribution in [0.3, 0.4) is 0 Å². The molecule has 0 aliphatic carbocycles. The summed E-state index contributed by atoms with van der Waals surface area (Å²) in [6.45, 7) is 6.99. The molecule has 0 fully saturated rings. The highest BCUT2D eigenvalue weighted by Crippen LogP contribution is 2.34. The van der Waals surface area contributed by atoms with Crippen molar-refractivity contribution in [1.29, 1.82) is 0 Å². The third kappa shape index (κ3) is 5.78. The quantitative estimate of drug-likeness (QED) is 0.403. The fourth-order valence-electron chi connectivity index (χ4n) is 3.25. The van der Waals surface area contributed by atoms with E-state index in [4.69, 9.17) is 14.2 Å². The highest BCUT2D eigenvalue weighted by atomic mass is 16.5. The lowest BCUT2D eigenvalue weighted by atomic mass is 10.1. The van der Waals surface area contributed by atoms with Crippen molar-refractivity contribution < 1.29 is 14.2 Å². The topological polar surface area (TPSA) is 60.5 Å². The van der Waals surface area contributed by atoms with Gasteiger partial charge in [0.2, 0.25) is 5.75 Å². The Labute approximate surface area is 178 Å². The van der Waals surface area contributed by atoms with E-state index in [0.29, 0.717) is 30.2 Å². The molecule has 1 heterocycles. The van der Waals surface area contributed by atoms with Crippen molar-refractivity contribution in [1.82, 2.24) is 4.98 Å². The van der Waals surface area contributed by atoms with E-state index in [9.17, 15) is 4.79 Å². The van der Waals surface area contributed by atoms with Crippen molar-refractivity contribution in [2.24, 2.45) is 0 Å². The molecule has 0 bridgehead atoms. The first-order valence-electron chi connectivity index (χ1n) is 10.7. The standard InChI is InChI=1S/C25H31NO4/c1-4-5-6-10-15-28-23-21-14-13-20(29-17-19-11-8-7-9-12-19)16-22(21)26-25(27)24(23)30-18(2)3/h7-9,11-14,16,18H,4-6,10,15,17H2,1-3H3,(H,26,27). The Bertz CT molecular complexity index is 995. The number of ether oxygens (including phenoxy) is 3. The van der Waals surface area contributed by atoms with Gasteiger partial charge in [-0.25, -0.2) is 0 Å². The Morgan fingerprint density at radius 1 is 0.933 bits per heavy atom. The summed E-state index contributed by atoms with van der Waals surface area (Å²) in [5.74, 6) is 1.44. The average Bonchev–Trinajstić information content (AvgIpc) is 2.74. The summed E-state index contributed by atoms with van der Waals surface area (Å²) in [6, 6.07) is 15.6. The SMILES string of the molecule is CCCCCCOc1c(OC(C)C)c(=O)[nH]c2cc(OCc3ccccc3)ccc12. The number of rotatable bonds is 11. The van der Waals surface area contributed by atoms with Crippen LogP contribution >= 0.6 is 0 Å². The zero-order valence-electron chi connectivity index (χ0n) is 18.1. The lowest BCUT2D eigenvalue weighted by Crippen LogP contribution is -2.18. The first kappa shape index (κ1) is 21.8. The van der Waals surface area contributed by atoms with E-state index in [1.165, 1.54) is 12.8 Å². The van der Waals surface area contributed by atoms with Crippen LogP contribution < -0.4 is 19.8 Å². The highest BCUT2D eigenvalue weighted by molar-refractivity contribution is 5.88. The van der Waals surface area contributed by atoms with Gasteiger partial charge in [0.15, 0.2) is 5.75 Å². The van der Waals surface area contributed by atoms with Gasteiger partial charge in [-0.05, 0) is 38.0 Å². The Morgan fingerprint density at radius 2 is 1.73 bits per heavy atom. The molecular formula is C25H31NO4. The first-order chi connectivity index (χ1) is 14.6. The van der Waals surface area contributed by atoms with E-state index in [1.54, 1.807) is 0 Å². The molecule has 30 heavy (non-hydrogen) atoms. The average molecular weight is 410 g/mol. The smallest absolute Gasteiger partial charge is 0.294 e. The number of unbranched alkanes of at least 4 members (excludes halogenated alkanes) is 3. The third-order valence-corrected chi connectivity index (χ3v) is 4.74. The molecule has 1 N–H and O–H groups in total. The Balaban J connectivity index is 1.86. The molecule has 0 aliphatic rings. The zero-order chi connectivity index (χ0) is 21.3. The molecule has 160 valence electrons. The van der Waals surface area contributed by atoms with Crippen LogP contribution in [0.1, 0.15) is 52.0 Å². The molecule has 0 saturated carbocycles. The number of H-pyrrole nitrogens is 1. The van der Waals surface area contributed by atoms with Gasteiger partial charge in [-0.15, -0.1) is 0 Å². The van der Waals surface area contributed by atoms with Crippen LogP contribution in [0, 0.1) is 0 Å². The minimum absolute atomic E-state index is 0.125. The van der Waals surface area contributed by atoms with Gasteiger partial charge in [-0.3, -0.25) is 4.79 Å². The summed E-state index contributed by atoms with van der Waals surface area (Å²) in [5.41, 5.74) is 1.47. The number of aromatic amines is 1. The van der Waals surface area contributed by atoms with Crippen molar-refractivity contribution in [3.63, 3.8) is 0 Å². The molecular weight excluding hydrogens is 378 g/mol. The molecule has 1 aromatic heterocycles. The first-order valence-corrected chi connectivity index (χ1v) is 10.7. The zero-order valence-corrected chi connectivity index (χ0v) is 18.1. The number of hydrogen-bond donors (Lipinski definition) is 1. The summed E-state index contributed by atoms with van der Waals surface area (Å²) < 4.78 is 17.8. The van der Waals surface area contributed by atoms with Gasteiger partial charge in [0.1, 0.15) is 12.4 Å². The lowest BCUT2D eigenvalue weighted by molar-refractivity contribution is 0.217. The minimum Gasteiger partial charge on any atom is -0.489 e. The Morgan fingerprint density at radius 3 is 2.47 bits per heavy atom. The van der Waals surface area contributed by atoms with Crippen molar-refractivity contribution in [3.8, 4) is 17.2 Å². The molecule has 5 nitrogen and oxygen atoms in total. The van der Waals surface area contributed by atoms with Crippen LogP contribution in [0.25, 0.3) is 10.9 Å². The van der Waals surface area contributed by atoms with Crippen LogP contribution in [0.2, 0.25) is 0 Å². The largest absolute Gasteiger partial charge is 0.489 e. The normalized spacial score (nSPS) is 11.1. The van der Waals surface area contributed by atoms with Crippen molar-refractivity contribution in [2.45, 2.75) is 59.2 Å². The summed E-state index contributed by atoms with van der Waals surface area (Å²) in [7, 11) is 0. The van der Waals surface area contributed by atoms with Crippen LogP contribution in [-0.2, 0) is 6.61 Å². The second kappa shape index (κ2) is 10.7. The van der Waals surface area contributed by atoms with Crippen LogP contribution in [-0.4, -0.2) is 17.7 Å². The summed E-state index contributed by atoms with van der Waals surface area (Å²) in [4.78, 5) is 15.6. The van der Waals surface area contributed by atoms with Crippen LogP contribution in [0.4, 0.5) is 0 Å². The Hall–Kier alpha value is -2.95. The third-order valence-electron chi connectivity index (χ3n) is 4.74. The van der Waals surface area contributed by atoms with Crippen LogP contribution in [0.15, 0.2) is 53.3 Å². The van der Waals surface area contributed by atoms with Gasteiger partial charge in [0.25, 0.3) is 5.56 Å².